The highest BCUT2D eigenvalue weighted by Gasteiger charge is 2.22. The Morgan fingerprint density at radius 1 is 1.60 bits per heavy atom. The SMILES string of the molecule is COCCC(C)(O)CNC1CCCNC1. The molecule has 0 aromatic rings. The van der Waals surface area contributed by atoms with E-state index in [1.54, 1.807) is 7.11 Å². The first-order chi connectivity index (χ1) is 7.14. The first-order valence-electron chi connectivity index (χ1n) is 5.79. The third-order valence-electron chi connectivity index (χ3n) is 2.91. The van der Waals surface area contributed by atoms with Crippen LogP contribution in [0.25, 0.3) is 0 Å². The summed E-state index contributed by atoms with van der Waals surface area (Å²) < 4.78 is 4.97. The van der Waals surface area contributed by atoms with E-state index in [4.69, 9.17) is 4.74 Å². The van der Waals surface area contributed by atoms with E-state index in [9.17, 15) is 5.11 Å². The molecular formula is C11H24N2O2. The summed E-state index contributed by atoms with van der Waals surface area (Å²) in [5.74, 6) is 0. The largest absolute Gasteiger partial charge is 0.389 e. The molecule has 90 valence electrons. The van der Waals surface area contributed by atoms with Crippen molar-refractivity contribution in [3.8, 4) is 0 Å². The van der Waals surface area contributed by atoms with Crippen LogP contribution in [-0.4, -0.2) is 50.1 Å². The van der Waals surface area contributed by atoms with Gasteiger partial charge in [0.2, 0.25) is 0 Å². The second-order valence-electron chi connectivity index (χ2n) is 4.66. The molecule has 0 saturated carbocycles. The lowest BCUT2D eigenvalue weighted by Gasteiger charge is -2.29. The molecule has 0 aromatic carbocycles. The van der Waals surface area contributed by atoms with E-state index in [0.29, 0.717) is 25.6 Å². The minimum absolute atomic E-state index is 0.507. The normalized spacial score (nSPS) is 26.2. The number of methoxy groups -OCH3 is 1. The molecular weight excluding hydrogens is 192 g/mol. The lowest BCUT2D eigenvalue weighted by Crippen LogP contribution is -2.48. The summed E-state index contributed by atoms with van der Waals surface area (Å²) in [5, 5.41) is 16.8. The Morgan fingerprint density at radius 2 is 2.40 bits per heavy atom. The van der Waals surface area contributed by atoms with Gasteiger partial charge in [0.25, 0.3) is 0 Å². The fourth-order valence-corrected chi connectivity index (χ4v) is 1.80. The van der Waals surface area contributed by atoms with Gasteiger partial charge >= 0.3 is 0 Å². The molecule has 1 heterocycles. The van der Waals surface area contributed by atoms with Gasteiger partial charge in [0, 0.05) is 39.3 Å². The van der Waals surface area contributed by atoms with Crippen LogP contribution in [0.15, 0.2) is 0 Å². The summed E-state index contributed by atoms with van der Waals surface area (Å²) >= 11 is 0. The molecule has 1 saturated heterocycles. The molecule has 0 bridgehead atoms. The minimum atomic E-state index is -0.659. The molecule has 4 nitrogen and oxygen atoms in total. The van der Waals surface area contributed by atoms with E-state index in [1.165, 1.54) is 12.8 Å². The van der Waals surface area contributed by atoms with E-state index in [-0.39, 0.29) is 0 Å². The fourth-order valence-electron chi connectivity index (χ4n) is 1.80. The lowest BCUT2D eigenvalue weighted by atomic mass is 10.0. The average molecular weight is 216 g/mol. The van der Waals surface area contributed by atoms with Gasteiger partial charge in [0.1, 0.15) is 0 Å². The molecule has 1 aliphatic rings. The molecule has 1 fully saturated rings. The molecule has 0 aromatic heterocycles. The van der Waals surface area contributed by atoms with Crippen molar-refractivity contribution in [1.82, 2.24) is 10.6 Å². The van der Waals surface area contributed by atoms with Gasteiger partial charge in [-0.05, 0) is 26.3 Å². The molecule has 15 heavy (non-hydrogen) atoms. The van der Waals surface area contributed by atoms with Crippen molar-refractivity contribution in [3.63, 3.8) is 0 Å². The molecule has 0 spiro atoms. The average Bonchev–Trinajstić information content (AvgIpc) is 2.25. The Bertz CT molecular complexity index is 168. The Balaban J connectivity index is 2.15. The van der Waals surface area contributed by atoms with E-state index >= 15 is 0 Å². The second kappa shape index (κ2) is 6.43. The van der Waals surface area contributed by atoms with Gasteiger partial charge in [0.15, 0.2) is 0 Å². The number of ether oxygens (including phenoxy) is 1. The van der Waals surface area contributed by atoms with Crippen LogP contribution in [0.3, 0.4) is 0 Å². The van der Waals surface area contributed by atoms with E-state index in [1.807, 2.05) is 6.92 Å². The van der Waals surface area contributed by atoms with Crippen LogP contribution in [0, 0.1) is 0 Å². The molecule has 2 atom stereocenters. The molecule has 3 N–H and O–H groups in total. The molecule has 4 heteroatoms. The highest BCUT2D eigenvalue weighted by atomic mass is 16.5. The van der Waals surface area contributed by atoms with Crippen molar-refractivity contribution < 1.29 is 9.84 Å². The molecule has 0 aliphatic carbocycles. The smallest absolute Gasteiger partial charge is 0.0765 e. The molecule has 0 amide bonds. The van der Waals surface area contributed by atoms with Crippen molar-refractivity contribution >= 4 is 0 Å². The van der Waals surface area contributed by atoms with Crippen LogP contribution in [0.5, 0.6) is 0 Å². The highest BCUT2D eigenvalue weighted by Crippen LogP contribution is 2.09. The number of hydrogen-bond donors (Lipinski definition) is 3. The third-order valence-corrected chi connectivity index (χ3v) is 2.91. The summed E-state index contributed by atoms with van der Waals surface area (Å²) in [4.78, 5) is 0. The minimum Gasteiger partial charge on any atom is -0.389 e. The first kappa shape index (κ1) is 12.9. The molecule has 2 unspecified atom stereocenters. The van der Waals surface area contributed by atoms with Gasteiger partial charge in [0.05, 0.1) is 5.60 Å². The quantitative estimate of drug-likeness (QED) is 0.590. The van der Waals surface area contributed by atoms with Crippen molar-refractivity contribution in [2.75, 3.05) is 33.4 Å². The second-order valence-corrected chi connectivity index (χ2v) is 4.66. The third kappa shape index (κ3) is 5.47. The van der Waals surface area contributed by atoms with E-state index < -0.39 is 5.60 Å². The number of hydrogen-bond acceptors (Lipinski definition) is 4. The fraction of sp³-hybridized carbons (Fsp3) is 1.00. The first-order valence-corrected chi connectivity index (χ1v) is 5.79. The Kier molecular flexibility index (Phi) is 5.53. The van der Waals surface area contributed by atoms with Gasteiger partial charge in [-0.15, -0.1) is 0 Å². The summed E-state index contributed by atoms with van der Waals surface area (Å²) in [7, 11) is 1.66. The van der Waals surface area contributed by atoms with Crippen molar-refractivity contribution in [2.45, 2.75) is 37.8 Å². The maximum Gasteiger partial charge on any atom is 0.0765 e. The summed E-state index contributed by atoms with van der Waals surface area (Å²) in [6.07, 6.45) is 3.10. The Labute approximate surface area is 92.4 Å². The highest BCUT2D eigenvalue weighted by molar-refractivity contribution is 4.81. The zero-order valence-corrected chi connectivity index (χ0v) is 9.88. The van der Waals surface area contributed by atoms with Crippen LogP contribution >= 0.6 is 0 Å². The van der Waals surface area contributed by atoms with Crippen LogP contribution < -0.4 is 10.6 Å². The summed E-state index contributed by atoms with van der Waals surface area (Å²) in [6, 6.07) is 0.507. The van der Waals surface area contributed by atoms with Gasteiger partial charge in [-0.1, -0.05) is 0 Å². The number of rotatable bonds is 6. The summed E-state index contributed by atoms with van der Waals surface area (Å²) in [6.45, 7) is 5.24. The van der Waals surface area contributed by atoms with Gasteiger partial charge in [-0.3, -0.25) is 0 Å². The van der Waals surface area contributed by atoms with Crippen molar-refractivity contribution in [3.05, 3.63) is 0 Å². The van der Waals surface area contributed by atoms with E-state index in [0.717, 1.165) is 13.1 Å². The van der Waals surface area contributed by atoms with Crippen molar-refractivity contribution in [1.29, 1.82) is 0 Å². The Morgan fingerprint density at radius 3 is 3.00 bits per heavy atom. The van der Waals surface area contributed by atoms with E-state index in [2.05, 4.69) is 10.6 Å². The maximum absolute atomic E-state index is 10.0. The Hall–Kier alpha value is -0.160. The topological polar surface area (TPSA) is 53.5 Å². The lowest BCUT2D eigenvalue weighted by molar-refractivity contribution is 0.0221. The van der Waals surface area contributed by atoms with Crippen molar-refractivity contribution in [2.24, 2.45) is 0 Å². The number of piperidine rings is 1. The molecule has 1 aliphatic heterocycles. The van der Waals surface area contributed by atoms with Crippen LogP contribution in [0.2, 0.25) is 0 Å². The zero-order valence-electron chi connectivity index (χ0n) is 9.88. The monoisotopic (exact) mass is 216 g/mol. The van der Waals surface area contributed by atoms with Crippen LogP contribution in [-0.2, 0) is 4.74 Å². The number of aliphatic hydroxyl groups is 1. The maximum atomic E-state index is 10.0. The van der Waals surface area contributed by atoms with Gasteiger partial charge < -0.3 is 20.5 Å². The standard InChI is InChI=1S/C11H24N2O2/c1-11(14,5-7-15-2)9-13-10-4-3-6-12-8-10/h10,12-14H,3-9H2,1-2H3. The van der Waals surface area contributed by atoms with Gasteiger partial charge in [-0.25, -0.2) is 0 Å². The predicted octanol–water partition coefficient (Wildman–Crippen LogP) is 0.116. The predicted molar refractivity (Wildman–Crippen MR) is 61.0 cm³/mol. The van der Waals surface area contributed by atoms with Crippen LogP contribution in [0.4, 0.5) is 0 Å². The van der Waals surface area contributed by atoms with Crippen LogP contribution in [0.1, 0.15) is 26.2 Å². The number of nitrogens with one attached hydrogen (secondary N) is 2. The molecule has 1 rings (SSSR count). The zero-order chi connectivity index (χ0) is 11.1. The van der Waals surface area contributed by atoms with Gasteiger partial charge in [-0.2, -0.15) is 0 Å². The summed E-state index contributed by atoms with van der Waals surface area (Å²) in [5.41, 5.74) is -0.659. The molecule has 0 radical (unpaired) electrons.